The molecule has 0 fully saturated rings. The van der Waals surface area contributed by atoms with E-state index in [-0.39, 0.29) is 11.3 Å². The van der Waals surface area contributed by atoms with Crippen LogP contribution in [0.3, 0.4) is 0 Å². The average Bonchev–Trinajstić information content (AvgIpc) is 2.74. The van der Waals surface area contributed by atoms with E-state index in [1.807, 2.05) is 0 Å². The van der Waals surface area contributed by atoms with Crippen molar-refractivity contribution in [2.45, 2.75) is 31.9 Å². The Morgan fingerprint density at radius 3 is 2.76 bits per heavy atom. The predicted octanol–water partition coefficient (Wildman–Crippen LogP) is 2.26. The number of amides is 1. The Morgan fingerprint density at radius 1 is 1.52 bits per heavy atom. The fraction of sp³-hybridized carbons (Fsp3) is 0.429. The first kappa shape index (κ1) is 15.4. The molecule has 21 heavy (non-hydrogen) atoms. The van der Waals surface area contributed by atoms with Crippen LogP contribution in [0.4, 0.5) is 8.78 Å². The molecule has 1 heterocycles. The molecule has 5 nitrogen and oxygen atoms in total. The summed E-state index contributed by atoms with van der Waals surface area (Å²) in [5, 5.41) is 14.5. The van der Waals surface area contributed by atoms with E-state index in [1.165, 1.54) is 26.2 Å². The Hall–Kier alpha value is -2.02. The normalized spacial score (nSPS) is 22.2. The number of hydrazone groups is 1. The SMILES string of the molecule is COc1cccc(C(=O)N2N=C(C)C[C@]2(O)C(C)(F)F)c1. The van der Waals surface area contributed by atoms with E-state index in [0.29, 0.717) is 17.7 Å². The maximum Gasteiger partial charge on any atom is 0.294 e. The highest BCUT2D eigenvalue weighted by Gasteiger charge is 2.58. The minimum atomic E-state index is -3.51. The molecule has 7 heteroatoms. The van der Waals surface area contributed by atoms with Crippen LogP contribution >= 0.6 is 0 Å². The highest BCUT2D eigenvalue weighted by molar-refractivity contribution is 5.98. The molecular formula is C14H16F2N2O3. The topological polar surface area (TPSA) is 62.1 Å². The number of nitrogens with zero attached hydrogens (tertiary/aromatic N) is 2. The minimum Gasteiger partial charge on any atom is -0.497 e. The van der Waals surface area contributed by atoms with Crippen LogP contribution in [-0.2, 0) is 0 Å². The van der Waals surface area contributed by atoms with Crippen molar-refractivity contribution in [2.24, 2.45) is 5.10 Å². The third kappa shape index (κ3) is 2.61. The van der Waals surface area contributed by atoms with Crippen LogP contribution in [0.1, 0.15) is 30.6 Å². The van der Waals surface area contributed by atoms with Gasteiger partial charge in [0.2, 0.25) is 5.72 Å². The molecule has 2 rings (SSSR count). The fourth-order valence-electron chi connectivity index (χ4n) is 2.15. The van der Waals surface area contributed by atoms with Crippen LogP contribution in [0.2, 0.25) is 0 Å². The van der Waals surface area contributed by atoms with Crippen molar-refractivity contribution in [3.63, 3.8) is 0 Å². The first-order valence-electron chi connectivity index (χ1n) is 6.32. The van der Waals surface area contributed by atoms with Crippen LogP contribution in [-0.4, -0.2) is 40.5 Å². The molecule has 1 aromatic rings. The van der Waals surface area contributed by atoms with Gasteiger partial charge in [-0.15, -0.1) is 0 Å². The third-order valence-corrected chi connectivity index (χ3v) is 3.34. The second kappa shape index (κ2) is 5.07. The maximum atomic E-state index is 13.7. The number of benzene rings is 1. The molecule has 0 radical (unpaired) electrons. The molecule has 114 valence electrons. The van der Waals surface area contributed by atoms with Gasteiger partial charge in [-0.1, -0.05) is 6.07 Å². The van der Waals surface area contributed by atoms with E-state index < -0.39 is 24.0 Å². The minimum absolute atomic E-state index is 0.107. The van der Waals surface area contributed by atoms with E-state index in [0.717, 1.165) is 0 Å². The maximum absolute atomic E-state index is 13.7. The molecular weight excluding hydrogens is 282 g/mol. The zero-order valence-corrected chi connectivity index (χ0v) is 11.9. The van der Waals surface area contributed by atoms with E-state index in [2.05, 4.69) is 5.10 Å². The van der Waals surface area contributed by atoms with Gasteiger partial charge < -0.3 is 9.84 Å². The van der Waals surface area contributed by atoms with Gasteiger partial charge >= 0.3 is 0 Å². The molecule has 0 saturated heterocycles. The zero-order chi connectivity index (χ0) is 15.8. The number of rotatable bonds is 3. The quantitative estimate of drug-likeness (QED) is 0.931. The van der Waals surface area contributed by atoms with Gasteiger partial charge in [0, 0.05) is 24.6 Å². The van der Waals surface area contributed by atoms with Crippen LogP contribution in [0.25, 0.3) is 0 Å². The molecule has 1 aliphatic heterocycles. The number of alkyl halides is 2. The molecule has 1 aromatic carbocycles. The van der Waals surface area contributed by atoms with Crippen molar-refractivity contribution in [1.29, 1.82) is 0 Å². The zero-order valence-electron chi connectivity index (χ0n) is 11.9. The largest absolute Gasteiger partial charge is 0.497 e. The summed E-state index contributed by atoms with van der Waals surface area (Å²) in [6.45, 7) is 2.04. The lowest BCUT2D eigenvalue weighted by molar-refractivity contribution is -0.222. The summed E-state index contributed by atoms with van der Waals surface area (Å²) in [5.41, 5.74) is -2.29. The van der Waals surface area contributed by atoms with Gasteiger partial charge in [0.15, 0.2) is 0 Å². The number of hydrogen-bond donors (Lipinski definition) is 1. The third-order valence-electron chi connectivity index (χ3n) is 3.34. The Labute approximate surface area is 120 Å². The number of hydrogen-bond acceptors (Lipinski definition) is 4. The van der Waals surface area contributed by atoms with Gasteiger partial charge in [0.05, 0.1) is 7.11 Å². The molecule has 0 bridgehead atoms. The first-order valence-corrected chi connectivity index (χ1v) is 6.32. The van der Waals surface area contributed by atoms with Gasteiger partial charge in [0.25, 0.3) is 11.8 Å². The molecule has 0 unspecified atom stereocenters. The Kier molecular flexibility index (Phi) is 3.71. The summed E-state index contributed by atoms with van der Waals surface area (Å²) < 4.78 is 32.4. The lowest BCUT2D eigenvalue weighted by Gasteiger charge is -2.35. The molecule has 1 atom stereocenters. The summed E-state index contributed by atoms with van der Waals surface area (Å²) in [7, 11) is 1.43. The number of halogens is 2. The summed E-state index contributed by atoms with van der Waals surface area (Å²) >= 11 is 0. The monoisotopic (exact) mass is 298 g/mol. The first-order chi connectivity index (χ1) is 9.69. The summed E-state index contributed by atoms with van der Waals surface area (Å²) in [6.07, 6.45) is -0.397. The molecule has 0 aliphatic carbocycles. The van der Waals surface area contributed by atoms with Gasteiger partial charge in [-0.3, -0.25) is 4.79 Å². The number of methoxy groups -OCH3 is 1. The van der Waals surface area contributed by atoms with Crippen molar-refractivity contribution in [3.8, 4) is 5.75 Å². The van der Waals surface area contributed by atoms with Crippen molar-refractivity contribution in [3.05, 3.63) is 29.8 Å². The molecule has 0 aromatic heterocycles. The van der Waals surface area contributed by atoms with Gasteiger partial charge in [-0.25, -0.2) is 8.78 Å². The van der Waals surface area contributed by atoms with Crippen molar-refractivity contribution < 1.29 is 23.4 Å². The Bertz CT molecular complexity index is 598. The van der Waals surface area contributed by atoms with Crippen molar-refractivity contribution in [1.82, 2.24) is 5.01 Å². The van der Waals surface area contributed by atoms with Crippen LogP contribution in [0.5, 0.6) is 5.75 Å². The van der Waals surface area contributed by atoms with E-state index in [1.54, 1.807) is 12.1 Å². The van der Waals surface area contributed by atoms with Crippen molar-refractivity contribution in [2.75, 3.05) is 7.11 Å². The van der Waals surface area contributed by atoms with E-state index in [4.69, 9.17) is 4.74 Å². The van der Waals surface area contributed by atoms with Gasteiger partial charge in [0.1, 0.15) is 5.75 Å². The fourth-order valence-corrected chi connectivity index (χ4v) is 2.15. The lowest BCUT2D eigenvalue weighted by atomic mass is 10.0. The van der Waals surface area contributed by atoms with Crippen LogP contribution in [0.15, 0.2) is 29.4 Å². The summed E-state index contributed by atoms with van der Waals surface area (Å²) in [6, 6.07) is 6.03. The van der Waals surface area contributed by atoms with Crippen LogP contribution in [0, 0.1) is 0 Å². The predicted molar refractivity (Wildman–Crippen MR) is 72.5 cm³/mol. The average molecular weight is 298 g/mol. The van der Waals surface area contributed by atoms with Crippen LogP contribution < -0.4 is 4.74 Å². The number of carbonyl (C=O) groups excluding carboxylic acids is 1. The smallest absolute Gasteiger partial charge is 0.294 e. The Morgan fingerprint density at radius 2 is 2.19 bits per heavy atom. The summed E-state index contributed by atoms with van der Waals surface area (Å²) in [4.78, 5) is 12.4. The van der Waals surface area contributed by atoms with Crippen molar-refractivity contribution >= 4 is 11.6 Å². The standard InChI is InChI=1S/C14H16F2N2O3/c1-9-8-14(20,13(2,15)16)18(17-9)12(19)10-5-4-6-11(7-10)21-3/h4-7,20H,8H2,1-3H3/t14-/m0/s1. The Balaban J connectivity index is 2.40. The van der Waals surface area contributed by atoms with E-state index >= 15 is 0 Å². The van der Waals surface area contributed by atoms with Gasteiger partial charge in [-0.2, -0.15) is 10.1 Å². The molecule has 1 amide bonds. The molecule has 1 aliphatic rings. The summed E-state index contributed by atoms with van der Waals surface area (Å²) in [5.74, 6) is -3.91. The highest BCUT2D eigenvalue weighted by Crippen LogP contribution is 2.39. The number of ether oxygens (including phenoxy) is 1. The lowest BCUT2D eigenvalue weighted by Crippen LogP contribution is -2.57. The molecule has 1 N–H and O–H groups in total. The van der Waals surface area contributed by atoms with Gasteiger partial charge in [-0.05, 0) is 25.1 Å². The van der Waals surface area contributed by atoms with E-state index in [9.17, 15) is 18.7 Å². The number of aliphatic hydroxyl groups is 1. The highest BCUT2D eigenvalue weighted by atomic mass is 19.3. The second-order valence-electron chi connectivity index (χ2n) is 5.07. The molecule has 0 spiro atoms. The molecule has 0 saturated carbocycles. The second-order valence-corrected chi connectivity index (χ2v) is 5.07. The number of carbonyl (C=O) groups is 1.